The fraction of sp³-hybridized carbons (Fsp3) is 0.357. The highest BCUT2D eigenvalue weighted by Crippen LogP contribution is 2.29. The average Bonchev–Trinajstić information content (AvgIpc) is 2.50. The molecule has 1 aromatic carbocycles. The van der Waals surface area contributed by atoms with Gasteiger partial charge >= 0.3 is 12.1 Å². The van der Waals surface area contributed by atoms with E-state index in [0.717, 1.165) is 12.1 Å². The number of hydrogen-bond donors (Lipinski definition) is 2. The van der Waals surface area contributed by atoms with E-state index in [1.165, 1.54) is 6.07 Å². The van der Waals surface area contributed by atoms with Crippen LogP contribution in [0.2, 0.25) is 0 Å². The Morgan fingerprint density at radius 1 is 1.22 bits per heavy atom. The molecule has 126 valence electrons. The van der Waals surface area contributed by atoms with Gasteiger partial charge in [0.25, 0.3) is 11.8 Å². The second kappa shape index (κ2) is 8.16. The minimum Gasteiger partial charge on any atom is -0.343 e. The lowest BCUT2D eigenvalue weighted by atomic mass is 10.1. The van der Waals surface area contributed by atoms with Crippen LogP contribution >= 0.6 is 0 Å². The molecular weight excluding hydrogens is 317 g/mol. The number of hydrogen-bond acceptors (Lipinski definition) is 4. The zero-order valence-electron chi connectivity index (χ0n) is 12.2. The van der Waals surface area contributed by atoms with Crippen LogP contribution in [-0.2, 0) is 20.6 Å². The van der Waals surface area contributed by atoms with Gasteiger partial charge in [-0.05, 0) is 24.6 Å². The Kier molecular flexibility index (Phi) is 6.55. The highest BCUT2D eigenvalue weighted by atomic mass is 19.4. The van der Waals surface area contributed by atoms with Gasteiger partial charge in [0, 0.05) is 12.0 Å². The molecule has 0 bridgehead atoms. The van der Waals surface area contributed by atoms with Gasteiger partial charge in [0.1, 0.15) is 0 Å². The Bertz CT molecular complexity index is 588. The monoisotopic (exact) mass is 332 g/mol. The first-order valence-corrected chi connectivity index (χ1v) is 6.68. The fourth-order valence-electron chi connectivity index (χ4n) is 1.50. The molecule has 0 aliphatic heterocycles. The molecule has 0 saturated carbocycles. The molecule has 0 aromatic heterocycles. The summed E-state index contributed by atoms with van der Waals surface area (Å²) in [7, 11) is 0. The maximum absolute atomic E-state index is 12.5. The normalized spacial score (nSPS) is 10.8. The van der Waals surface area contributed by atoms with Crippen LogP contribution in [0.1, 0.15) is 35.7 Å². The number of hydroxylamine groups is 1. The number of carbonyl (C=O) groups excluding carboxylic acids is 3. The molecule has 6 nitrogen and oxygen atoms in total. The minimum absolute atomic E-state index is 0.122. The van der Waals surface area contributed by atoms with Crippen molar-refractivity contribution in [3.8, 4) is 0 Å². The van der Waals surface area contributed by atoms with Crippen LogP contribution in [0.4, 0.5) is 13.2 Å². The maximum Gasteiger partial charge on any atom is 0.416 e. The molecule has 2 N–H and O–H groups in total. The van der Waals surface area contributed by atoms with Crippen molar-refractivity contribution in [3.05, 3.63) is 35.4 Å². The quantitative estimate of drug-likeness (QED) is 0.806. The lowest BCUT2D eigenvalue weighted by Gasteiger charge is -2.09. The molecule has 0 radical (unpaired) electrons. The Morgan fingerprint density at radius 3 is 2.52 bits per heavy atom. The van der Waals surface area contributed by atoms with Crippen molar-refractivity contribution in [1.82, 2.24) is 10.8 Å². The summed E-state index contributed by atoms with van der Waals surface area (Å²) in [6, 6.07) is 3.78. The first-order valence-electron chi connectivity index (χ1n) is 6.68. The summed E-state index contributed by atoms with van der Waals surface area (Å²) in [5, 5.41) is 2.12. The van der Waals surface area contributed by atoms with Gasteiger partial charge in [-0.2, -0.15) is 18.7 Å². The second-order valence-electron chi connectivity index (χ2n) is 4.51. The Labute approximate surface area is 129 Å². The Morgan fingerprint density at radius 2 is 1.91 bits per heavy atom. The summed E-state index contributed by atoms with van der Waals surface area (Å²) in [5.41, 5.74) is 0.617. The Balaban J connectivity index is 2.51. The molecule has 1 aromatic rings. The lowest BCUT2D eigenvalue weighted by molar-refractivity contribution is -0.157. The highest BCUT2D eigenvalue weighted by Gasteiger charge is 2.30. The highest BCUT2D eigenvalue weighted by molar-refractivity contribution is 5.96. The van der Waals surface area contributed by atoms with Gasteiger partial charge in [0.2, 0.25) is 0 Å². The van der Waals surface area contributed by atoms with Gasteiger partial charge in [-0.25, -0.2) is 4.79 Å². The molecule has 0 fully saturated rings. The SMILES string of the molecule is CCCC(=O)ONC(=O)CNC(=O)c1cccc(C(F)(F)F)c1. The van der Waals surface area contributed by atoms with Crippen LogP contribution in [0, 0.1) is 0 Å². The van der Waals surface area contributed by atoms with E-state index in [1.807, 2.05) is 5.48 Å². The van der Waals surface area contributed by atoms with E-state index in [1.54, 1.807) is 6.92 Å². The molecule has 0 unspecified atom stereocenters. The summed E-state index contributed by atoms with van der Waals surface area (Å²) < 4.78 is 37.6. The lowest BCUT2D eigenvalue weighted by Crippen LogP contribution is -2.38. The third-order valence-corrected chi connectivity index (χ3v) is 2.59. The van der Waals surface area contributed by atoms with E-state index < -0.39 is 36.1 Å². The average molecular weight is 332 g/mol. The Hall–Kier alpha value is -2.58. The van der Waals surface area contributed by atoms with Crippen molar-refractivity contribution in [2.24, 2.45) is 0 Å². The molecule has 0 heterocycles. The van der Waals surface area contributed by atoms with Gasteiger partial charge in [0.05, 0.1) is 12.1 Å². The molecule has 0 atom stereocenters. The molecule has 0 saturated heterocycles. The van der Waals surface area contributed by atoms with E-state index in [2.05, 4.69) is 10.2 Å². The van der Waals surface area contributed by atoms with Crippen LogP contribution < -0.4 is 10.8 Å². The van der Waals surface area contributed by atoms with Gasteiger partial charge in [0.15, 0.2) is 0 Å². The van der Waals surface area contributed by atoms with E-state index in [-0.39, 0.29) is 12.0 Å². The fourth-order valence-corrected chi connectivity index (χ4v) is 1.50. The summed E-state index contributed by atoms with van der Waals surface area (Å²) >= 11 is 0. The second-order valence-corrected chi connectivity index (χ2v) is 4.51. The third kappa shape index (κ3) is 6.37. The standard InChI is InChI=1S/C14H15F3N2O4/c1-2-4-12(21)23-19-11(20)8-18-13(22)9-5-3-6-10(7-9)14(15,16)17/h3,5-7H,2,4,8H2,1H3,(H,18,22)(H,19,20). The van der Waals surface area contributed by atoms with Crippen LogP contribution in [0.25, 0.3) is 0 Å². The summed E-state index contributed by atoms with van der Waals surface area (Å²) in [5.74, 6) is -2.30. The third-order valence-electron chi connectivity index (χ3n) is 2.59. The number of carbonyl (C=O) groups is 3. The van der Waals surface area contributed by atoms with Gasteiger partial charge in [-0.1, -0.05) is 13.0 Å². The van der Waals surface area contributed by atoms with E-state index in [9.17, 15) is 27.6 Å². The van der Waals surface area contributed by atoms with Crippen molar-refractivity contribution in [2.45, 2.75) is 25.9 Å². The maximum atomic E-state index is 12.5. The number of halogens is 3. The summed E-state index contributed by atoms with van der Waals surface area (Å²) in [4.78, 5) is 38.4. The van der Waals surface area contributed by atoms with Gasteiger partial charge in [-0.3, -0.25) is 9.59 Å². The van der Waals surface area contributed by atoms with Crippen molar-refractivity contribution in [1.29, 1.82) is 0 Å². The summed E-state index contributed by atoms with van der Waals surface area (Å²) in [6.07, 6.45) is -3.90. The van der Waals surface area contributed by atoms with Crippen molar-refractivity contribution < 1.29 is 32.4 Å². The van der Waals surface area contributed by atoms with E-state index in [4.69, 9.17) is 0 Å². The van der Waals surface area contributed by atoms with Crippen molar-refractivity contribution in [3.63, 3.8) is 0 Å². The van der Waals surface area contributed by atoms with Crippen LogP contribution in [0.3, 0.4) is 0 Å². The molecule has 0 spiro atoms. The molecule has 0 aliphatic carbocycles. The zero-order valence-corrected chi connectivity index (χ0v) is 12.2. The van der Waals surface area contributed by atoms with Crippen molar-refractivity contribution >= 4 is 17.8 Å². The van der Waals surface area contributed by atoms with E-state index >= 15 is 0 Å². The first-order chi connectivity index (χ1) is 10.7. The smallest absolute Gasteiger partial charge is 0.343 e. The van der Waals surface area contributed by atoms with E-state index in [0.29, 0.717) is 12.5 Å². The van der Waals surface area contributed by atoms with Gasteiger partial charge in [-0.15, -0.1) is 0 Å². The molecular formula is C14H15F3N2O4. The minimum atomic E-state index is -4.57. The van der Waals surface area contributed by atoms with Crippen molar-refractivity contribution in [2.75, 3.05) is 6.54 Å². The topological polar surface area (TPSA) is 84.5 Å². The molecule has 23 heavy (non-hydrogen) atoms. The van der Waals surface area contributed by atoms with Crippen LogP contribution in [-0.4, -0.2) is 24.3 Å². The number of benzene rings is 1. The molecule has 1 rings (SSSR count). The number of alkyl halides is 3. The molecule has 9 heteroatoms. The largest absolute Gasteiger partial charge is 0.416 e. The predicted molar refractivity (Wildman–Crippen MR) is 72.9 cm³/mol. The number of nitrogens with one attached hydrogen (secondary N) is 2. The molecule has 2 amide bonds. The van der Waals surface area contributed by atoms with Gasteiger partial charge < -0.3 is 10.2 Å². The van der Waals surface area contributed by atoms with Crippen LogP contribution in [0.5, 0.6) is 0 Å². The zero-order chi connectivity index (χ0) is 17.5. The number of amides is 2. The predicted octanol–water partition coefficient (Wildman–Crippen LogP) is 1.81. The summed E-state index contributed by atoms with van der Waals surface area (Å²) in [6.45, 7) is 1.20. The molecule has 0 aliphatic rings. The number of rotatable bonds is 5. The van der Waals surface area contributed by atoms with Crippen LogP contribution in [0.15, 0.2) is 24.3 Å². The first kappa shape index (κ1) is 18.5.